The molecule has 1 heterocycles. The largest absolute Gasteiger partial charge is 0.480 e. The SMILES string of the molecule is CC1CCN(Cc2c(F)c(F)c(F)c(F)c2F)C1C(=O)O. The Hall–Kier alpha value is -1.70. The maximum Gasteiger partial charge on any atom is 0.321 e. The Morgan fingerprint density at radius 3 is 2.05 bits per heavy atom. The second kappa shape index (κ2) is 5.59. The first-order chi connectivity index (χ1) is 9.75. The van der Waals surface area contributed by atoms with Crippen molar-refractivity contribution in [2.24, 2.45) is 5.92 Å². The summed E-state index contributed by atoms with van der Waals surface area (Å²) < 4.78 is 66.3. The minimum Gasteiger partial charge on any atom is -0.480 e. The number of likely N-dealkylation sites (tertiary alicyclic amines) is 1. The summed E-state index contributed by atoms with van der Waals surface area (Å²) in [6.45, 7) is 1.21. The molecule has 2 rings (SSSR count). The molecule has 1 aliphatic heterocycles. The Labute approximate surface area is 117 Å². The van der Waals surface area contributed by atoms with Crippen LogP contribution < -0.4 is 0 Å². The van der Waals surface area contributed by atoms with Gasteiger partial charge in [-0.2, -0.15) is 0 Å². The highest BCUT2D eigenvalue weighted by Crippen LogP contribution is 2.29. The number of carbonyl (C=O) groups is 1. The van der Waals surface area contributed by atoms with Gasteiger partial charge in [0.05, 0.1) is 0 Å². The maximum absolute atomic E-state index is 13.6. The first-order valence-electron chi connectivity index (χ1n) is 6.22. The topological polar surface area (TPSA) is 40.5 Å². The van der Waals surface area contributed by atoms with Crippen LogP contribution in [0.2, 0.25) is 0 Å². The van der Waals surface area contributed by atoms with Crippen molar-refractivity contribution < 1.29 is 31.9 Å². The van der Waals surface area contributed by atoms with E-state index in [4.69, 9.17) is 5.11 Å². The summed E-state index contributed by atoms with van der Waals surface area (Å²) in [6, 6.07) is -1.01. The lowest BCUT2D eigenvalue weighted by atomic mass is 10.0. The van der Waals surface area contributed by atoms with E-state index in [1.54, 1.807) is 6.92 Å². The van der Waals surface area contributed by atoms with Gasteiger partial charge in [0.25, 0.3) is 0 Å². The molecule has 0 amide bonds. The molecule has 0 spiro atoms. The third-order valence-electron chi connectivity index (χ3n) is 3.72. The minimum absolute atomic E-state index is 0.206. The molecular weight excluding hydrogens is 297 g/mol. The molecule has 3 nitrogen and oxygen atoms in total. The van der Waals surface area contributed by atoms with Crippen molar-refractivity contribution in [1.82, 2.24) is 4.90 Å². The van der Waals surface area contributed by atoms with Crippen molar-refractivity contribution in [3.8, 4) is 0 Å². The molecule has 2 atom stereocenters. The fourth-order valence-corrected chi connectivity index (χ4v) is 2.60. The van der Waals surface area contributed by atoms with Gasteiger partial charge in [-0.15, -0.1) is 0 Å². The van der Waals surface area contributed by atoms with E-state index in [1.807, 2.05) is 0 Å². The van der Waals surface area contributed by atoms with Gasteiger partial charge < -0.3 is 5.11 Å². The third-order valence-corrected chi connectivity index (χ3v) is 3.72. The van der Waals surface area contributed by atoms with E-state index in [9.17, 15) is 26.7 Å². The Morgan fingerprint density at radius 2 is 1.57 bits per heavy atom. The van der Waals surface area contributed by atoms with Crippen molar-refractivity contribution in [1.29, 1.82) is 0 Å². The molecule has 1 aromatic carbocycles. The average molecular weight is 309 g/mol. The van der Waals surface area contributed by atoms with E-state index in [1.165, 1.54) is 4.90 Å². The summed E-state index contributed by atoms with van der Waals surface area (Å²) >= 11 is 0. The van der Waals surface area contributed by atoms with Crippen LogP contribution >= 0.6 is 0 Å². The summed E-state index contributed by atoms with van der Waals surface area (Å²) in [5, 5.41) is 9.09. The van der Waals surface area contributed by atoms with E-state index < -0.39 is 53.2 Å². The van der Waals surface area contributed by atoms with Gasteiger partial charge in [-0.25, -0.2) is 22.0 Å². The molecule has 21 heavy (non-hydrogen) atoms. The number of nitrogens with zero attached hydrogens (tertiary/aromatic N) is 1. The molecule has 1 N–H and O–H groups in total. The highest BCUT2D eigenvalue weighted by molar-refractivity contribution is 5.74. The van der Waals surface area contributed by atoms with E-state index in [2.05, 4.69) is 0 Å². The van der Waals surface area contributed by atoms with Crippen molar-refractivity contribution in [2.75, 3.05) is 6.54 Å². The molecule has 0 radical (unpaired) electrons. The van der Waals surface area contributed by atoms with Crippen LogP contribution in [0.4, 0.5) is 22.0 Å². The van der Waals surface area contributed by atoms with Crippen LogP contribution in [-0.4, -0.2) is 28.6 Å². The van der Waals surface area contributed by atoms with Crippen LogP contribution in [-0.2, 0) is 11.3 Å². The molecular formula is C13H12F5NO2. The standard InChI is InChI=1S/C13H12F5NO2/c1-5-2-3-19(12(5)13(20)21)4-6-7(14)9(16)11(18)10(17)8(6)15/h5,12H,2-4H2,1H3,(H,20,21). The minimum atomic E-state index is -2.22. The van der Waals surface area contributed by atoms with Gasteiger partial charge in [-0.1, -0.05) is 6.92 Å². The van der Waals surface area contributed by atoms with Gasteiger partial charge in [-0.3, -0.25) is 9.69 Å². The molecule has 0 aliphatic carbocycles. The zero-order valence-corrected chi connectivity index (χ0v) is 11.0. The monoisotopic (exact) mass is 309 g/mol. The van der Waals surface area contributed by atoms with Crippen LogP contribution in [0.25, 0.3) is 0 Å². The number of rotatable bonds is 3. The molecule has 2 unspecified atom stereocenters. The maximum atomic E-state index is 13.6. The second-order valence-corrected chi connectivity index (χ2v) is 5.07. The van der Waals surface area contributed by atoms with Gasteiger partial charge in [0.1, 0.15) is 6.04 Å². The lowest BCUT2D eigenvalue weighted by molar-refractivity contribution is -0.143. The molecule has 0 bridgehead atoms. The predicted octanol–water partition coefficient (Wildman–Crippen LogP) is 2.68. The van der Waals surface area contributed by atoms with Crippen LogP contribution in [0, 0.1) is 35.0 Å². The van der Waals surface area contributed by atoms with Gasteiger partial charge in [0.15, 0.2) is 23.3 Å². The van der Waals surface area contributed by atoms with E-state index >= 15 is 0 Å². The molecule has 1 saturated heterocycles. The number of carboxylic acids is 1. The van der Waals surface area contributed by atoms with Crippen LogP contribution in [0.15, 0.2) is 0 Å². The summed E-state index contributed by atoms with van der Waals surface area (Å²) in [5.74, 6) is -11.6. The molecule has 1 aromatic rings. The fourth-order valence-electron chi connectivity index (χ4n) is 2.60. The Balaban J connectivity index is 2.39. The van der Waals surface area contributed by atoms with Crippen LogP contribution in [0.3, 0.4) is 0 Å². The first-order valence-corrected chi connectivity index (χ1v) is 6.22. The Morgan fingerprint density at radius 1 is 1.10 bits per heavy atom. The van der Waals surface area contributed by atoms with Gasteiger partial charge in [0, 0.05) is 12.1 Å². The molecule has 8 heteroatoms. The van der Waals surface area contributed by atoms with Gasteiger partial charge in [0.2, 0.25) is 5.82 Å². The third kappa shape index (κ3) is 2.59. The van der Waals surface area contributed by atoms with Crippen LogP contribution in [0.1, 0.15) is 18.9 Å². The zero-order valence-electron chi connectivity index (χ0n) is 11.0. The second-order valence-electron chi connectivity index (χ2n) is 5.07. The highest BCUT2D eigenvalue weighted by atomic mass is 19.2. The van der Waals surface area contributed by atoms with E-state index in [0.29, 0.717) is 6.42 Å². The number of hydrogen-bond donors (Lipinski definition) is 1. The van der Waals surface area contributed by atoms with Crippen LogP contribution in [0.5, 0.6) is 0 Å². The smallest absolute Gasteiger partial charge is 0.321 e. The number of carboxylic acid groups (broad SMARTS) is 1. The number of hydrogen-bond acceptors (Lipinski definition) is 2. The normalized spacial score (nSPS) is 22.8. The molecule has 116 valence electrons. The quantitative estimate of drug-likeness (QED) is 0.530. The lowest BCUT2D eigenvalue weighted by Gasteiger charge is -2.23. The zero-order chi connectivity index (χ0) is 15.9. The summed E-state index contributed by atoms with van der Waals surface area (Å²) in [7, 11) is 0. The Kier molecular flexibility index (Phi) is 4.18. The number of halogens is 5. The van der Waals surface area contributed by atoms with Crippen molar-refractivity contribution in [2.45, 2.75) is 25.9 Å². The molecule has 0 saturated carbocycles. The average Bonchev–Trinajstić information content (AvgIpc) is 2.80. The number of aliphatic carboxylic acids is 1. The Bertz CT molecular complexity index is 563. The molecule has 0 aromatic heterocycles. The summed E-state index contributed by atoms with van der Waals surface area (Å²) in [6.07, 6.45) is 0.465. The first kappa shape index (κ1) is 15.7. The van der Waals surface area contributed by atoms with E-state index in [-0.39, 0.29) is 12.5 Å². The summed E-state index contributed by atoms with van der Waals surface area (Å²) in [5.41, 5.74) is -1.01. The highest BCUT2D eigenvalue weighted by Gasteiger charge is 2.38. The molecule has 1 aliphatic rings. The van der Waals surface area contributed by atoms with Crippen molar-refractivity contribution in [3.63, 3.8) is 0 Å². The number of benzene rings is 1. The van der Waals surface area contributed by atoms with Gasteiger partial charge >= 0.3 is 5.97 Å². The van der Waals surface area contributed by atoms with Crippen molar-refractivity contribution in [3.05, 3.63) is 34.6 Å². The predicted molar refractivity (Wildman–Crippen MR) is 61.8 cm³/mol. The fraction of sp³-hybridized carbons (Fsp3) is 0.462. The van der Waals surface area contributed by atoms with E-state index in [0.717, 1.165) is 0 Å². The summed E-state index contributed by atoms with van der Waals surface area (Å²) in [4.78, 5) is 12.3. The lowest BCUT2D eigenvalue weighted by Crippen LogP contribution is -2.39. The molecule has 1 fully saturated rings. The van der Waals surface area contributed by atoms with Crippen molar-refractivity contribution >= 4 is 5.97 Å². The van der Waals surface area contributed by atoms with Gasteiger partial charge in [-0.05, 0) is 18.9 Å².